The molecule has 0 saturated carbocycles. The summed E-state index contributed by atoms with van der Waals surface area (Å²) in [7, 11) is 0. The molecule has 2 aromatic rings. The third-order valence-electron chi connectivity index (χ3n) is 4.68. The molecule has 0 unspecified atom stereocenters. The molecule has 3 nitrogen and oxygen atoms in total. The van der Waals surface area contributed by atoms with E-state index in [-0.39, 0.29) is 11.9 Å². The summed E-state index contributed by atoms with van der Waals surface area (Å²) in [5, 5.41) is 3.05. The normalized spacial score (nSPS) is 15.5. The van der Waals surface area contributed by atoms with Crippen LogP contribution in [-0.4, -0.2) is 12.0 Å². The van der Waals surface area contributed by atoms with Crippen molar-refractivity contribution in [1.29, 1.82) is 0 Å². The van der Waals surface area contributed by atoms with Gasteiger partial charge in [0.1, 0.15) is 5.75 Å². The molecule has 0 aromatic heterocycles. The lowest BCUT2D eigenvalue weighted by molar-refractivity contribution is -0.127. The molecule has 3 rings (SSSR count). The Labute approximate surface area is 144 Å². The molecule has 0 fully saturated rings. The van der Waals surface area contributed by atoms with E-state index in [1.165, 1.54) is 29.5 Å². The Hall–Kier alpha value is -2.29. The molecule has 3 heteroatoms. The fraction of sp³-hybridized carbons (Fsp3) is 0.381. The molecule has 2 atom stereocenters. The monoisotopic (exact) mass is 323 g/mol. The van der Waals surface area contributed by atoms with Gasteiger partial charge in [-0.25, -0.2) is 0 Å². The van der Waals surface area contributed by atoms with E-state index in [9.17, 15) is 4.79 Å². The summed E-state index contributed by atoms with van der Waals surface area (Å²) < 4.78 is 5.73. The first-order valence-corrected chi connectivity index (χ1v) is 8.68. The molecule has 1 N–H and O–H groups in total. The van der Waals surface area contributed by atoms with Crippen LogP contribution in [0, 0.1) is 6.92 Å². The number of hydrogen-bond donors (Lipinski definition) is 1. The van der Waals surface area contributed by atoms with Crippen molar-refractivity contribution in [1.82, 2.24) is 5.32 Å². The third kappa shape index (κ3) is 3.78. The molecular weight excluding hydrogens is 298 g/mol. The lowest BCUT2D eigenvalue weighted by Crippen LogP contribution is -2.37. The third-order valence-corrected chi connectivity index (χ3v) is 4.68. The second-order valence-corrected chi connectivity index (χ2v) is 6.69. The second kappa shape index (κ2) is 7.08. The van der Waals surface area contributed by atoms with Crippen LogP contribution >= 0.6 is 0 Å². The van der Waals surface area contributed by atoms with Gasteiger partial charge in [-0.2, -0.15) is 0 Å². The molecule has 126 valence electrons. The Kier molecular flexibility index (Phi) is 4.89. The number of ether oxygens (including phenoxy) is 1. The van der Waals surface area contributed by atoms with Crippen LogP contribution < -0.4 is 10.1 Å². The second-order valence-electron chi connectivity index (χ2n) is 6.69. The first-order valence-electron chi connectivity index (χ1n) is 8.68. The summed E-state index contributed by atoms with van der Waals surface area (Å²) in [6.45, 7) is 5.83. The fourth-order valence-corrected chi connectivity index (χ4v) is 3.15. The van der Waals surface area contributed by atoms with Gasteiger partial charge in [-0.3, -0.25) is 4.79 Å². The highest BCUT2D eigenvalue weighted by Crippen LogP contribution is 2.25. The van der Waals surface area contributed by atoms with E-state index in [1.807, 2.05) is 38.1 Å². The van der Waals surface area contributed by atoms with Gasteiger partial charge in [0.25, 0.3) is 5.91 Å². The molecule has 0 radical (unpaired) electrons. The van der Waals surface area contributed by atoms with Crippen molar-refractivity contribution < 1.29 is 9.53 Å². The van der Waals surface area contributed by atoms with Crippen molar-refractivity contribution >= 4 is 5.91 Å². The van der Waals surface area contributed by atoms with Gasteiger partial charge in [0.05, 0.1) is 6.04 Å². The van der Waals surface area contributed by atoms with E-state index >= 15 is 0 Å². The minimum atomic E-state index is -0.524. The van der Waals surface area contributed by atoms with Gasteiger partial charge < -0.3 is 10.1 Å². The van der Waals surface area contributed by atoms with Crippen molar-refractivity contribution in [2.45, 2.75) is 52.2 Å². The summed E-state index contributed by atoms with van der Waals surface area (Å²) in [5.41, 5.74) is 5.21. The Morgan fingerprint density at radius 3 is 2.50 bits per heavy atom. The van der Waals surface area contributed by atoms with Gasteiger partial charge >= 0.3 is 0 Å². The molecule has 0 heterocycles. The number of aryl methyl sites for hydroxylation is 3. The van der Waals surface area contributed by atoms with Gasteiger partial charge in [0, 0.05) is 0 Å². The maximum Gasteiger partial charge on any atom is 0.261 e. The van der Waals surface area contributed by atoms with Crippen molar-refractivity contribution in [3.05, 3.63) is 64.7 Å². The summed E-state index contributed by atoms with van der Waals surface area (Å²) in [5.74, 6) is 0.622. The van der Waals surface area contributed by atoms with Crippen LogP contribution in [0.3, 0.4) is 0 Å². The zero-order valence-electron chi connectivity index (χ0n) is 14.6. The van der Waals surface area contributed by atoms with Crippen molar-refractivity contribution in [3.63, 3.8) is 0 Å². The van der Waals surface area contributed by atoms with Crippen LogP contribution in [0.1, 0.15) is 48.6 Å². The minimum Gasteiger partial charge on any atom is -0.481 e. The quantitative estimate of drug-likeness (QED) is 0.898. The zero-order chi connectivity index (χ0) is 17.1. The molecule has 1 amide bonds. The minimum absolute atomic E-state index is 0.0209. The number of benzene rings is 2. The highest BCUT2D eigenvalue weighted by molar-refractivity contribution is 5.81. The first kappa shape index (κ1) is 16.6. The van der Waals surface area contributed by atoms with Crippen LogP contribution in [0.4, 0.5) is 0 Å². The van der Waals surface area contributed by atoms with E-state index < -0.39 is 6.10 Å². The maximum atomic E-state index is 12.4. The van der Waals surface area contributed by atoms with E-state index in [2.05, 4.69) is 23.5 Å². The number of carbonyl (C=O) groups is 1. The van der Waals surface area contributed by atoms with E-state index in [1.54, 1.807) is 6.92 Å². The number of nitrogens with one attached hydrogen (secondary N) is 1. The molecular formula is C21H25NO2. The fourth-order valence-electron chi connectivity index (χ4n) is 3.15. The maximum absolute atomic E-state index is 12.4. The Morgan fingerprint density at radius 2 is 1.75 bits per heavy atom. The molecule has 0 bridgehead atoms. The largest absolute Gasteiger partial charge is 0.481 e. The van der Waals surface area contributed by atoms with Gasteiger partial charge in [-0.1, -0.05) is 35.9 Å². The Morgan fingerprint density at radius 1 is 1.04 bits per heavy atom. The lowest BCUT2D eigenvalue weighted by Gasteiger charge is -2.19. The highest BCUT2D eigenvalue weighted by Gasteiger charge is 2.19. The molecule has 0 saturated heterocycles. The number of fused-ring (bicyclic) bond motifs is 1. The topological polar surface area (TPSA) is 38.3 Å². The smallest absolute Gasteiger partial charge is 0.261 e. The summed E-state index contributed by atoms with van der Waals surface area (Å²) in [6.07, 6.45) is 3.04. The predicted molar refractivity (Wildman–Crippen MR) is 96.3 cm³/mol. The van der Waals surface area contributed by atoms with Gasteiger partial charge in [0.2, 0.25) is 0 Å². The van der Waals surface area contributed by atoms with Crippen molar-refractivity contribution in [2.75, 3.05) is 0 Å². The SMILES string of the molecule is Cc1ccc(O[C@@H](C)C(=O)N[C@H](C)c2ccc3c(c2)CCC3)cc1. The van der Waals surface area contributed by atoms with Gasteiger partial charge in [-0.05, 0) is 68.9 Å². The van der Waals surface area contributed by atoms with Gasteiger partial charge in [0.15, 0.2) is 6.10 Å². The number of amides is 1. The van der Waals surface area contributed by atoms with Crippen molar-refractivity contribution in [3.8, 4) is 5.75 Å². The first-order chi connectivity index (χ1) is 11.5. The molecule has 1 aliphatic rings. The van der Waals surface area contributed by atoms with Crippen molar-refractivity contribution in [2.24, 2.45) is 0 Å². The average Bonchev–Trinajstić information content (AvgIpc) is 3.04. The van der Waals surface area contributed by atoms with E-state index in [4.69, 9.17) is 4.74 Å². The van der Waals surface area contributed by atoms with Crippen LogP contribution in [-0.2, 0) is 17.6 Å². The highest BCUT2D eigenvalue weighted by atomic mass is 16.5. The standard InChI is InChI=1S/C21H25NO2/c1-14-7-11-20(12-8-14)24-16(3)21(23)22-15(2)18-10-9-17-5-4-6-19(17)13-18/h7-13,15-16H,4-6H2,1-3H3,(H,22,23)/t15-,16+/m1/s1. The molecule has 24 heavy (non-hydrogen) atoms. The zero-order valence-corrected chi connectivity index (χ0v) is 14.6. The molecule has 2 aromatic carbocycles. The summed E-state index contributed by atoms with van der Waals surface area (Å²) in [6, 6.07) is 14.3. The average molecular weight is 323 g/mol. The molecule has 0 spiro atoms. The van der Waals surface area contributed by atoms with Crippen LogP contribution in [0.2, 0.25) is 0 Å². The number of hydrogen-bond acceptors (Lipinski definition) is 2. The Balaban J connectivity index is 1.60. The summed E-state index contributed by atoms with van der Waals surface area (Å²) in [4.78, 5) is 12.4. The van der Waals surface area contributed by atoms with E-state index in [0.717, 1.165) is 12.0 Å². The number of rotatable bonds is 5. The molecule has 1 aliphatic carbocycles. The van der Waals surface area contributed by atoms with Crippen LogP contribution in [0.5, 0.6) is 5.75 Å². The van der Waals surface area contributed by atoms with Crippen LogP contribution in [0.25, 0.3) is 0 Å². The molecule has 0 aliphatic heterocycles. The predicted octanol–water partition coefficient (Wildman–Crippen LogP) is 4.13. The van der Waals surface area contributed by atoms with Crippen LogP contribution in [0.15, 0.2) is 42.5 Å². The number of carbonyl (C=O) groups excluding carboxylic acids is 1. The van der Waals surface area contributed by atoms with Gasteiger partial charge in [-0.15, -0.1) is 0 Å². The Bertz CT molecular complexity index is 721. The van der Waals surface area contributed by atoms with E-state index in [0.29, 0.717) is 5.75 Å². The summed E-state index contributed by atoms with van der Waals surface area (Å²) >= 11 is 0. The lowest BCUT2D eigenvalue weighted by atomic mass is 10.0.